The fourth-order valence-electron chi connectivity index (χ4n) is 2.21. The van der Waals surface area contributed by atoms with Gasteiger partial charge in [0, 0.05) is 15.3 Å². The molecule has 0 fully saturated rings. The lowest BCUT2D eigenvalue weighted by Crippen LogP contribution is -2.12. The number of ether oxygens (including phenoxy) is 1. The van der Waals surface area contributed by atoms with Crippen LogP contribution in [-0.4, -0.2) is 7.11 Å². The largest absolute Gasteiger partial charge is 0.496 e. The molecular weight excluding hydrogens is 242 g/mol. The van der Waals surface area contributed by atoms with Crippen molar-refractivity contribution in [2.75, 3.05) is 7.11 Å². The van der Waals surface area contributed by atoms with Gasteiger partial charge in [-0.3, -0.25) is 0 Å². The van der Waals surface area contributed by atoms with E-state index in [0.29, 0.717) is 0 Å². The summed E-state index contributed by atoms with van der Waals surface area (Å²) in [5.41, 5.74) is 9.92. The molecule has 1 unspecified atom stereocenters. The third-order valence-electron chi connectivity index (χ3n) is 3.08. The van der Waals surface area contributed by atoms with Gasteiger partial charge in [-0.2, -0.15) is 0 Å². The Kier molecular flexibility index (Phi) is 3.73. The van der Waals surface area contributed by atoms with Gasteiger partial charge in [0.1, 0.15) is 5.75 Å². The molecular formula is C15H19NOS. The van der Waals surface area contributed by atoms with Crippen LogP contribution in [0.4, 0.5) is 0 Å². The molecule has 0 aliphatic carbocycles. The molecule has 0 aliphatic heterocycles. The van der Waals surface area contributed by atoms with Crippen molar-refractivity contribution in [2.45, 2.75) is 26.8 Å². The Morgan fingerprint density at radius 1 is 1.17 bits per heavy atom. The van der Waals surface area contributed by atoms with Crippen LogP contribution in [0.25, 0.3) is 0 Å². The van der Waals surface area contributed by atoms with Gasteiger partial charge in [-0.25, -0.2) is 0 Å². The lowest BCUT2D eigenvalue weighted by molar-refractivity contribution is 0.408. The molecule has 96 valence electrons. The Hall–Kier alpha value is -1.32. The Morgan fingerprint density at radius 2 is 1.89 bits per heavy atom. The van der Waals surface area contributed by atoms with Gasteiger partial charge < -0.3 is 10.5 Å². The van der Waals surface area contributed by atoms with Crippen LogP contribution in [0, 0.1) is 20.8 Å². The molecule has 2 nitrogen and oxygen atoms in total. The van der Waals surface area contributed by atoms with Gasteiger partial charge in [-0.05, 0) is 38.5 Å². The minimum atomic E-state index is -0.112. The lowest BCUT2D eigenvalue weighted by atomic mass is 10.0. The van der Waals surface area contributed by atoms with E-state index < -0.39 is 0 Å². The fraction of sp³-hybridized carbons (Fsp3) is 0.333. The molecule has 0 radical (unpaired) electrons. The summed E-state index contributed by atoms with van der Waals surface area (Å²) in [5.74, 6) is 0.860. The summed E-state index contributed by atoms with van der Waals surface area (Å²) in [6, 6.07) is 8.21. The normalized spacial score (nSPS) is 12.5. The summed E-state index contributed by atoms with van der Waals surface area (Å²) in [4.78, 5) is 2.51. The van der Waals surface area contributed by atoms with Gasteiger partial charge in [0.2, 0.25) is 0 Å². The summed E-state index contributed by atoms with van der Waals surface area (Å²) in [5, 5.41) is 0. The highest BCUT2D eigenvalue weighted by Crippen LogP contribution is 2.34. The van der Waals surface area contributed by atoms with E-state index in [1.54, 1.807) is 18.4 Å². The van der Waals surface area contributed by atoms with Crippen molar-refractivity contribution in [3.8, 4) is 5.75 Å². The summed E-state index contributed by atoms with van der Waals surface area (Å²) in [7, 11) is 1.69. The van der Waals surface area contributed by atoms with Gasteiger partial charge in [0.15, 0.2) is 0 Å². The summed E-state index contributed by atoms with van der Waals surface area (Å²) < 4.78 is 5.41. The standard InChI is InChI=1S/C15H19NOS/c1-9-5-6-13(17-4)12(7-9)14(16)15-10(2)8-11(3)18-15/h5-8,14H,16H2,1-4H3. The molecule has 0 amide bonds. The molecule has 18 heavy (non-hydrogen) atoms. The van der Waals surface area contributed by atoms with E-state index in [-0.39, 0.29) is 6.04 Å². The Morgan fingerprint density at radius 3 is 2.44 bits per heavy atom. The van der Waals surface area contributed by atoms with E-state index in [0.717, 1.165) is 11.3 Å². The van der Waals surface area contributed by atoms with Crippen molar-refractivity contribution in [1.82, 2.24) is 0 Å². The molecule has 0 aliphatic rings. The van der Waals surface area contributed by atoms with Crippen LogP contribution in [-0.2, 0) is 0 Å². The van der Waals surface area contributed by atoms with E-state index in [4.69, 9.17) is 10.5 Å². The average Bonchev–Trinajstić information content (AvgIpc) is 2.67. The van der Waals surface area contributed by atoms with Crippen LogP contribution in [0.2, 0.25) is 0 Å². The van der Waals surface area contributed by atoms with Gasteiger partial charge in [-0.15, -0.1) is 11.3 Å². The fourth-order valence-corrected chi connectivity index (χ4v) is 3.26. The second-order valence-electron chi connectivity index (χ2n) is 4.63. The molecule has 0 saturated carbocycles. The molecule has 2 rings (SSSR count). The second kappa shape index (κ2) is 5.12. The zero-order chi connectivity index (χ0) is 13.3. The molecule has 0 spiro atoms. The summed E-state index contributed by atoms with van der Waals surface area (Å²) in [6.45, 7) is 6.30. The van der Waals surface area contributed by atoms with Crippen LogP contribution in [0.1, 0.15) is 32.5 Å². The maximum atomic E-state index is 6.41. The monoisotopic (exact) mass is 261 g/mol. The van der Waals surface area contributed by atoms with Crippen molar-refractivity contribution in [3.05, 3.63) is 50.7 Å². The van der Waals surface area contributed by atoms with E-state index in [1.165, 1.54) is 20.9 Å². The number of methoxy groups -OCH3 is 1. The molecule has 2 aromatic rings. The van der Waals surface area contributed by atoms with Crippen molar-refractivity contribution in [3.63, 3.8) is 0 Å². The third kappa shape index (κ3) is 2.42. The van der Waals surface area contributed by atoms with Crippen molar-refractivity contribution in [1.29, 1.82) is 0 Å². The Labute approximate surface area is 112 Å². The first kappa shape index (κ1) is 13.1. The van der Waals surface area contributed by atoms with Gasteiger partial charge in [0.25, 0.3) is 0 Å². The number of rotatable bonds is 3. The summed E-state index contributed by atoms with van der Waals surface area (Å²) in [6.07, 6.45) is 0. The predicted molar refractivity (Wildman–Crippen MR) is 77.6 cm³/mol. The van der Waals surface area contributed by atoms with Crippen LogP contribution < -0.4 is 10.5 Å². The minimum Gasteiger partial charge on any atom is -0.496 e. The van der Waals surface area contributed by atoms with E-state index in [9.17, 15) is 0 Å². The van der Waals surface area contributed by atoms with Crippen LogP contribution in [0.5, 0.6) is 5.75 Å². The third-order valence-corrected chi connectivity index (χ3v) is 4.32. The number of benzene rings is 1. The number of aryl methyl sites for hydroxylation is 3. The number of nitrogens with two attached hydrogens (primary N) is 1. The van der Waals surface area contributed by atoms with Crippen LogP contribution >= 0.6 is 11.3 Å². The molecule has 1 aromatic carbocycles. The van der Waals surface area contributed by atoms with Gasteiger partial charge >= 0.3 is 0 Å². The van der Waals surface area contributed by atoms with Crippen molar-refractivity contribution >= 4 is 11.3 Å². The van der Waals surface area contributed by atoms with E-state index in [1.807, 2.05) is 12.1 Å². The first-order valence-electron chi connectivity index (χ1n) is 6.00. The molecule has 1 heterocycles. The average molecular weight is 261 g/mol. The number of thiophene rings is 1. The maximum absolute atomic E-state index is 6.41. The van der Waals surface area contributed by atoms with Gasteiger partial charge in [0.05, 0.1) is 13.2 Å². The smallest absolute Gasteiger partial charge is 0.124 e. The first-order chi connectivity index (χ1) is 8.52. The maximum Gasteiger partial charge on any atom is 0.124 e. The molecule has 3 heteroatoms. The van der Waals surface area contributed by atoms with E-state index >= 15 is 0 Å². The molecule has 1 atom stereocenters. The SMILES string of the molecule is COc1ccc(C)cc1C(N)c1sc(C)cc1C. The predicted octanol–water partition coefficient (Wildman–Crippen LogP) is 3.73. The second-order valence-corrected chi connectivity index (χ2v) is 5.92. The van der Waals surface area contributed by atoms with E-state index in [2.05, 4.69) is 32.9 Å². The van der Waals surface area contributed by atoms with Gasteiger partial charge in [-0.1, -0.05) is 17.7 Å². The first-order valence-corrected chi connectivity index (χ1v) is 6.81. The molecule has 1 aromatic heterocycles. The minimum absolute atomic E-state index is 0.112. The lowest BCUT2D eigenvalue weighted by Gasteiger charge is -2.16. The molecule has 2 N–H and O–H groups in total. The Balaban J connectivity index is 2.48. The highest BCUT2D eigenvalue weighted by atomic mass is 32.1. The quantitative estimate of drug-likeness (QED) is 0.913. The molecule has 0 saturated heterocycles. The van der Waals surface area contributed by atoms with Crippen molar-refractivity contribution < 1.29 is 4.74 Å². The summed E-state index contributed by atoms with van der Waals surface area (Å²) >= 11 is 1.76. The molecule has 0 bridgehead atoms. The van der Waals surface area contributed by atoms with Crippen molar-refractivity contribution in [2.24, 2.45) is 5.73 Å². The highest BCUT2D eigenvalue weighted by Gasteiger charge is 2.18. The Bertz CT molecular complexity index is 560. The zero-order valence-electron chi connectivity index (χ0n) is 11.3. The number of hydrogen-bond donors (Lipinski definition) is 1. The highest BCUT2D eigenvalue weighted by molar-refractivity contribution is 7.12. The van der Waals surface area contributed by atoms with Crippen LogP contribution in [0.3, 0.4) is 0 Å². The topological polar surface area (TPSA) is 35.2 Å². The zero-order valence-corrected chi connectivity index (χ0v) is 12.1. The van der Waals surface area contributed by atoms with Crippen LogP contribution in [0.15, 0.2) is 24.3 Å². The number of hydrogen-bond acceptors (Lipinski definition) is 3.